The third-order valence-electron chi connectivity index (χ3n) is 4.98. The van der Waals surface area contributed by atoms with Crippen LogP contribution in [-0.2, 0) is 0 Å². The minimum absolute atomic E-state index is 0.394. The van der Waals surface area contributed by atoms with Gasteiger partial charge in [-0.05, 0) is 25.8 Å². The molecule has 26 heavy (non-hydrogen) atoms. The van der Waals surface area contributed by atoms with Crippen LogP contribution in [0.3, 0.4) is 0 Å². The molecule has 8 heteroatoms. The maximum Gasteiger partial charge on any atom is 0.157 e. The molecule has 2 fully saturated rings. The third kappa shape index (κ3) is 2.76. The van der Waals surface area contributed by atoms with Crippen LogP contribution in [-0.4, -0.2) is 50.8 Å². The topological polar surface area (TPSA) is 89.3 Å². The number of aromatic nitrogens is 5. The number of hydrogen-bond donors (Lipinski definition) is 2. The average molecular weight is 351 g/mol. The lowest BCUT2D eigenvalue weighted by Crippen LogP contribution is -2.22. The second kappa shape index (κ2) is 6.21. The van der Waals surface area contributed by atoms with E-state index in [4.69, 9.17) is 14.8 Å². The number of hydrogen-bond acceptors (Lipinski definition) is 7. The van der Waals surface area contributed by atoms with Gasteiger partial charge >= 0.3 is 0 Å². The molecule has 3 aromatic rings. The van der Waals surface area contributed by atoms with E-state index in [2.05, 4.69) is 20.6 Å². The monoisotopic (exact) mass is 351 g/mol. The van der Waals surface area contributed by atoms with Gasteiger partial charge in [0.25, 0.3) is 0 Å². The molecule has 8 nitrogen and oxygen atoms in total. The Bertz CT molecular complexity index is 944. The Morgan fingerprint density at radius 3 is 2.92 bits per heavy atom. The summed E-state index contributed by atoms with van der Waals surface area (Å²) in [6.07, 6.45) is 8.72. The molecule has 2 aliphatic rings. The number of methoxy groups -OCH3 is 1. The first-order valence-electron chi connectivity index (χ1n) is 9.04. The second-order valence-corrected chi connectivity index (χ2v) is 6.91. The van der Waals surface area contributed by atoms with Crippen LogP contribution in [0.5, 0.6) is 5.75 Å². The molecule has 5 rings (SSSR count). The van der Waals surface area contributed by atoms with Gasteiger partial charge in [0.2, 0.25) is 0 Å². The van der Waals surface area contributed by atoms with Crippen molar-refractivity contribution >= 4 is 11.5 Å². The van der Waals surface area contributed by atoms with Gasteiger partial charge < -0.3 is 15.4 Å². The highest BCUT2D eigenvalue weighted by atomic mass is 16.5. The average Bonchev–Trinajstić information content (AvgIpc) is 3.23. The van der Waals surface area contributed by atoms with Crippen LogP contribution < -0.4 is 15.4 Å². The van der Waals surface area contributed by atoms with Crippen LogP contribution in [0, 0.1) is 0 Å². The van der Waals surface area contributed by atoms with E-state index >= 15 is 0 Å². The first kappa shape index (κ1) is 15.5. The van der Waals surface area contributed by atoms with Crippen molar-refractivity contribution in [2.24, 2.45) is 0 Å². The van der Waals surface area contributed by atoms with Crippen LogP contribution in [0.1, 0.15) is 30.9 Å². The Labute approximate surface area is 151 Å². The Kier molecular flexibility index (Phi) is 3.70. The van der Waals surface area contributed by atoms with E-state index in [-0.39, 0.29) is 0 Å². The SMILES string of the molecule is COc1cc2ncc(-c3cncc(N[C@@H]4CCNC4)n3)n2nc1C1CC1. The van der Waals surface area contributed by atoms with E-state index in [1.165, 1.54) is 0 Å². The van der Waals surface area contributed by atoms with Gasteiger partial charge in [-0.15, -0.1) is 0 Å². The van der Waals surface area contributed by atoms with Crippen LogP contribution in [0.15, 0.2) is 24.7 Å². The zero-order chi connectivity index (χ0) is 17.5. The van der Waals surface area contributed by atoms with Crippen molar-refractivity contribution in [2.75, 3.05) is 25.5 Å². The van der Waals surface area contributed by atoms with Crippen molar-refractivity contribution in [1.29, 1.82) is 0 Å². The molecule has 0 amide bonds. The molecule has 1 saturated heterocycles. The number of rotatable bonds is 5. The summed E-state index contributed by atoms with van der Waals surface area (Å²) in [6.45, 7) is 1.99. The number of anilines is 1. The van der Waals surface area contributed by atoms with Gasteiger partial charge in [0, 0.05) is 24.6 Å². The first-order chi connectivity index (χ1) is 12.8. The molecule has 1 aliphatic carbocycles. The van der Waals surface area contributed by atoms with Crippen LogP contribution in [0.25, 0.3) is 17.0 Å². The zero-order valence-corrected chi connectivity index (χ0v) is 14.6. The van der Waals surface area contributed by atoms with Gasteiger partial charge in [-0.3, -0.25) is 4.98 Å². The van der Waals surface area contributed by atoms with Gasteiger partial charge in [-0.2, -0.15) is 5.10 Å². The summed E-state index contributed by atoms with van der Waals surface area (Å²) in [4.78, 5) is 13.6. The summed E-state index contributed by atoms with van der Waals surface area (Å²) >= 11 is 0. The zero-order valence-electron chi connectivity index (χ0n) is 14.6. The molecule has 0 radical (unpaired) electrons. The van der Waals surface area contributed by atoms with E-state index in [1.807, 2.05) is 10.6 Å². The largest absolute Gasteiger partial charge is 0.495 e. The summed E-state index contributed by atoms with van der Waals surface area (Å²) in [7, 11) is 1.68. The predicted molar refractivity (Wildman–Crippen MR) is 97.4 cm³/mol. The lowest BCUT2D eigenvalue weighted by atomic mass is 10.2. The lowest BCUT2D eigenvalue weighted by molar-refractivity contribution is 0.405. The molecule has 4 heterocycles. The number of ether oxygens (including phenoxy) is 1. The summed E-state index contributed by atoms with van der Waals surface area (Å²) in [5, 5.41) is 11.6. The van der Waals surface area contributed by atoms with Gasteiger partial charge in [0.1, 0.15) is 28.6 Å². The Hall–Kier alpha value is -2.74. The molecular weight excluding hydrogens is 330 g/mol. The number of imidazole rings is 1. The van der Waals surface area contributed by atoms with Crippen molar-refractivity contribution in [3.05, 3.63) is 30.4 Å². The van der Waals surface area contributed by atoms with Crippen molar-refractivity contribution in [3.8, 4) is 17.1 Å². The molecule has 1 atom stereocenters. The Balaban J connectivity index is 1.53. The highest BCUT2D eigenvalue weighted by Crippen LogP contribution is 2.43. The summed E-state index contributed by atoms with van der Waals surface area (Å²) in [5.74, 6) is 2.08. The van der Waals surface area contributed by atoms with E-state index < -0.39 is 0 Å². The minimum Gasteiger partial charge on any atom is -0.495 e. The minimum atomic E-state index is 0.394. The Morgan fingerprint density at radius 2 is 2.15 bits per heavy atom. The highest BCUT2D eigenvalue weighted by molar-refractivity contribution is 5.61. The van der Waals surface area contributed by atoms with Crippen LogP contribution in [0.4, 0.5) is 5.82 Å². The highest BCUT2D eigenvalue weighted by Gasteiger charge is 2.29. The number of fused-ring (bicyclic) bond motifs is 1. The quantitative estimate of drug-likeness (QED) is 0.725. The normalized spacial score (nSPS) is 19.8. The number of nitrogens with zero attached hydrogens (tertiary/aromatic N) is 5. The van der Waals surface area contributed by atoms with Crippen molar-refractivity contribution in [3.63, 3.8) is 0 Å². The van der Waals surface area contributed by atoms with E-state index in [9.17, 15) is 0 Å². The fraction of sp³-hybridized carbons (Fsp3) is 0.444. The maximum atomic E-state index is 5.50. The van der Waals surface area contributed by atoms with Crippen LogP contribution in [0.2, 0.25) is 0 Å². The standard InChI is InChI=1S/C18H21N7O/c1-26-15-6-17-21-9-14(25(17)24-18(15)11-2-3-11)13-8-20-10-16(23-13)22-12-4-5-19-7-12/h6,8-12,19H,2-5,7H2,1H3,(H,22,23)/t12-/m1/s1. The Morgan fingerprint density at radius 1 is 1.23 bits per heavy atom. The van der Waals surface area contributed by atoms with Crippen molar-refractivity contribution in [2.45, 2.75) is 31.2 Å². The fourth-order valence-electron chi connectivity index (χ4n) is 3.44. The maximum absolute atomic E-state index is 5.50. The molecule has 2 N–H and O–H groups in total. The molecular formula is C18H21N7O. The summed E-state index contributed by atoms with van der Waals surface area (Å²) in [5.41, 5.74) is 3.35. The molecule has 0 bridgehead atoms. The molecule has 3 aromatic heterocycles. The summed E-state index contributed by atoms with van der Waals surface area (Å²) in [6, 6.07) is 2.34. The van der Waals surface area contributed by atoms with Gasteiger partial charge in [-0.1, -0.05) is 0 Å². The van der Waals surface area contributed by atoms with Gasteiger partial charge in [-0.25, -0.2) is 14.5 Å². The van der Waals surface area contributed by atoms with Gasteiger partial charge in [0.15, 0.2) is 5.65 Å². The third-order valence-corrected chi connectivity index (χ3v) is 4.98. The fourth-order valence-corrected chi connectivity index (χ4v) is 3.44. The number of nitrogens with one attached hydrogen (secondary N) is 2. The molecule has 0 unspecified atom stereocenters. The lowest BCUT2D eigenvalue weighted by Gasteiger charge is -2.12. The van der Waals surface area contributed by atoms with Crippen LogP contribution >= 0.6 is 0 Å². The summed E-state index contributed by atoms with van der Waals surface area (Å²) < 4.78 is 7.35. The molecule has 1 aliphatic heterocycles. The predicted octanol–water partition coefficient (Wildman–Crippen LogP) is 1.85. The smallest absolute Gasteiger partial charge is 0.157 e. The van der Waals surface area contributed by atoms with Crippen molar-refractivity contribution in [1.82, 2.24) is 29.9 Å². The van der Waals surface area contributed by atoms with E-state index in [0.717, 1.165) is 66.6 Å². The molecule has 0 aromatic carbocycles. The molecule has 134 valence electrons. The van der Waals surface area contributed by atoms with Crippen molar-refractivity contribution < 1.29 is 4.74 Å². The molecule has 1 saturated carbocycles. The second-order valence-electron chi connectivity index (χ2n) is 6.91. The molecule has 0 spiro atoms. The van der Waals surface area contributed by atoms with E-state index in [0.29, 0.717) is 12.0 Å². The van der Waals surface area contributed by atoms with E-state index in [1.54, 1.807) is 25.7 Å². The van der Waals surface area contributed by atoms with Gasteiger partial charge in [0.05, 0.1) is 25.7 Å². The first-order valence-corrected chi connectivity index (χ1v) is 9.04.